The predicted molar refractivity (Wildman–Crippen MR) is 68.8 cm³/mol. The monoisotopic (exact) mass is 327 g/mol. The van der Waals surface area contributed by atoms with Crippen LogP contribution in [0.2, 0.25) is 0 Å². The number of hydrogen-bond donors (Lipinski definition) is 0. The maximum atomic E-state index is 12.5. The first kappa shape index (κ1) is 15.3. The van der Waals surface area contributed by atoms with Crippen molar-refractivity contribution in [1.82, 2.24) is 9.78 Å². The van der Waals surface area contributed by atoms with E-state index in [2.05, 4.69) is 21.0 Å². The molecule has 1 rings (SSSR count). The second-order valence-corrected chi connectivity index (χ2v) is 4.90. The highest BCUT2D eigenvalue weighted by atomic mass is 79.9. The first-order valence-corrected chi connectivity index (χ1v) is 6.71. The Bertz CT molecular complexity index is 370. The largest absolute Gasteiger partial charge is 0.408 e. The quantitative estimate of drug-likeness (QED) is 0.791. The summed E-state index contributed by atoms with van der Waals surface area (Å²) >= 11 is 3.14. The van der Waals surface area contributed by atoms with E-state index in [1.165, 1.54) is 0 Å². The Labute approximate surface area is 113 Å². The van der Waals surface area contributed by atoms with Crippen molar-refractivity contribution in [2.75, 3.05) is 18.0 Å². The molecule has 0 amide bonds. The van der Waals surface area contributed by atoms with Crippen LogP contribution in [0.3, 0.4) is 0 Å². The van der Waals surface area contributed by atoms with Crippen molar-refractivity contribution in [1.29, 1.82) is 0 Å². The summed E-state index contributed by atoms with van der Waals surface area (Å²) in [5.41, 5.74) is 0. The molecule has 1 aromatic heterocycles. The second kappa shape index (κ2) is 6.45. The molecule has 0 aliphatic carbocycles. The molecule has 0 N–H and O–H groups in total. The molecule has 0 aromatic carbocycles. The number of aromatic nitrogens is 2. The van der Waals surface area contributed by atoms with Crippen LogP contribution >= 0.6 is 15.9 Å². The van der Waals surface area contributed by atoms with E-state index in [-0.39, 0.29) is 0 Å². The minimum atomic E-state index is -4.26. The van der Waals surface area contributed by atoms with E-state index >= 15 is 0 Å². The molecule has 0 spiro atoms. The lowest BCUT2D eigenvalue weighted by atomic mass is 10.3. The fraction of sp³-hybridized carbons (Fsp3) is 0.727. The van der Waals surface area contributed by atoms with Gasteiger partial charge < -0.3 is 4.90 Å². The minimum Gasteiger partial charge on any atom is -0.357 e. The van der Waals surface area contributed by atoms with Crippen LogP contribution in [0.25, 0.3) is 0 Å². The van der Waals surface area contributed by atoms with Crippen LogP contribution in [0.1, 0.15) is 26.7 Å². The van der Waals surface area contributed by atoms with Gasteiger partial charge >= 0.3 is 6.18 Å². The van der Waals surface area contributed by atoms with Gasteiger partial charge in [-0.25, -0.2) is 4.68 Å². The van der Waals surface area contributed by atoms with Gasteiger partial charge in [-0.2, -0.15) is 18.3 Å². The van der Waals surface area contributed by atoms with Crippen LogP contribution in [-0.2, 0) is 6.54 Å². The number of anilines is 1. The molecule has 7 heteroatoms. The summed E-state index contributed by atoms with van der Waals surface area (Å²) in [6, 6.07) is 1.64. The van der Waals surface area contributed by atoms with Crippen molar-refractivity contribution in [3.8, 4) is 0 Å². The molecule has 0 aliphatic heterocycles. The van der Waals surface area contributed by atoms with Crippen molar-refractivity contribution in [2.45, 2.75) is 39.4 Å². The van der Waals surface area contributed by atoms with Gasteiger partial charge in [0.2, 0.25) is 0 Å². The Balaban J connectivity index is 2.97. The first-order valence-electron chi connectivity index (χ1n) is 5.92. The van der Waals surface area contributed by atoms with E-state index in [1.54, 1.807) is 6.07 Å². The molecule has 0 fully saturated rings. The fourth-order valence-corrected chi connectivity index (χ4v) is 2.19. The second-order valence-electron chi connectivity index (χ2n) is 4.09. The van der Waals surface area contributed by atoms with Gasteiger partial charge in [0, 0.05) is 19.2 Å². The molecule has 18 heavy (non-hydrogen) atoms. The third kappa shape index (κ3) is 4.51. The van der Waals surface area contributed by atoms with Crippen LogP contribution in [0.15, 0.2) is 10.7 Å². The van der Waals surface area contributed by atoms with Gasteiger partial charge in [-0.3, -0.25) is 0 Å². The van der Waals surface area contributed by atoms with Crippen molar-refractivity contribution in [3.05, 3.63) is 10.7 Å². The molecule has 0 saturated carbocycles. The van der Waals surface area contributed by atoms with E-state index < -0.39 is 12.7 Å². The Morgan fingerprint density at radius 2 is 1.83 bits per heavy atom. The summed E-state index contributed by atoms with van der Waals surface area (Å²) in [6.07, 6.45) is -2.49. The van der Waals surface area contributed by atoms with Crippen molar-refractivity contribution in [3.63, 3.8) is 0 Å². The number of halogens is 4. The van der Waals surface area contributed by atoms with Crippen LogP contribution in [0, 0.1) is 0 Å². The zero-order valence-electron chi connectivity index (χ0n) is 10.5. The summed E-state index contributed by atoms with van der Waals surface area (Å²) in [7, 11) is 0. The Kier molecular flexibility index (Phi) is 5.49. The highest BCUT2D eigenvalue weighted by Crippen LogP contribution is 2.25. The third-order valence-electron chi connectivity index (χ3n) is 2.37. The van der Waals surface area contributed by atoms with E-state index in [4.69, 9.17) is 0 Å². The van der Waals surface area contributed by atoms with E-state index in [1.807, 2.05) is 18.7 Å². The fourth-order valence-electron chi connectivity index (χ4n) is 1.80. The molecule has 0 radical (unpaired) electrons. The summed E-state index contributed by atoms with van der Waals surface area (Å²) < 4.78 is 38.9. The van der Waals surface area contributed by atoms with E-state index in [0.29, 0.717) is 10.4 Å². The molecule has 104 valence electrons. The van der Waals surface area contributed by atoms with Crippen LogP contribution in [0.4, 0.5) is 19.0 Å². The molecule has 1 aromatic rings. The number of rotatable bonds is 6. The maximum Gasteiger partial charge on any atom is 0.408 e. The van der Waals surface area contributed by atoms with Crippen molar-refractivity contribution < 1.29 is 13.2 Å². The smallest absolute Gasteiger partial charge is 0.357 e. The highest BCUT2D eigenvalue weighted by molar-refractivity contribution is 9.10. The van der Waals surface area contributed by atoms with Crippen molar-refractivity contribution >= 4 is 21.7 Å². The third-order valence-corrected chi connectivity index (χ3v) is 2.76. The molecule has 0 saturated heterocycles. The standard InChI is InChI=1S/C11H17BrF3N3/c1-3-5-17(6-4-2)10-7-9(12)16-18(10)8-11(13,14)15/h7H,3-6,8H2,1-2H3. The Morgan fingerprint density at radius 3 is 2.28 bits per heavy atom. The van der Waals surface area contributed by atoms with E-state index in [0.717, 1.165) is 30.6 Å². The molecule has 0 aliphatic rings. The molecule has 3 nitrogen and oxygen atoms in total. The number of hydrogen-bond acceptors (Lipinski definition) is 2. The van der Waals surface area contributed by atoms with Gasteiger partial charge in [-0.05, 0) is 28.8 Å². The predicted octanol–water partition coefficient (Wildman–Crippen LogP) is 3.83. The number of alkyl halides is 3. The number of nitrogens with zero attached hydrogens (tertiary/aromatic N) is 3. The van der Waals surface area contributed by atoms with Gasteiger partial charge in [0.25, 0.3) is 0 Å². The molecule has 0 bridgehead atoms. The molecule has 0 atom stereocenters. The Morgan fingerprint density at radius 1 is 1.28 bits per heavy atom. The van der Waals surface area contributed by atoms with Crippen LogP contribution in [0.5, 0.6) is 0 Å². The van der Waals surface area contributed by atoms with Gasteiger partial charge in [0.15, 0.2) is 0 Å². The lowest BCUT2D eigenvalue weighted by molar-refractivity contribution is -0.142. The summed E-state index contributed by atoms with van der Waals surface area (Å²) in [5, 5.41) is 3.85. The first-order chi connectivity index (χ1) is 8.37. The zero-order valence-corrected chi connectivity index (χ0v) is 12.1. The van der Waals surface area contributed by atoms with E-state index in [9.17, 15) is 13.2 Å². The lowest BCUT2D eigenvalue weighted by Gasteiger charge is -2.24. The molecular weight excluding hydrogens is 311 g/mol. The van der Waals surface area contributed by atoms with Crippen LogP contribution < -0.4 is 4.90 Å². The SMILES string of the molecule is CCCN(CCC)c1cc(Br)nn1CC(F)(F)F. The lowest BCUT2D eigenvalue weighted by Crippen LogP contribution is -2.29. The van der Waals surface area contributed by atoms with Crippen molar-refractivity contribution in [2.24, 2.45) is 0 Å². The van der Waals surface area contributed by atoms with Gasteiger partial charge in [0.05, 0.1) is 0 Å². The Hall–Kier alpha value is -0.720. The summed E-state index contributed by atoms with van der Waals surface area (Å²) in [4.78, 5) is 1.93. The molecule has 0 unspecified atom stereocenters. The maximum absolute atomic E-state index is 12.5. The molecule has 1 heterocycles. The average molecular weight is 328 g/mol. The van der Waals surface area contributed by atoms with Crippen LogP contribution in [-0.4, -0.2) is 29.0 Å². The normalized spacial score (nSPS) is 11.9. The van der Waals surface area contributed by atoms with Gasteiger partial charge in [0.1, 0.15) is 17.0 Å². The average Bonchev–Trinajstić information content (AvgIpc) is 2.56. The zero-order chi connectivity index (χ0) is 13.8. The van der Waals surface area contributed by atoms with Gasteiger partial charge in [-0.15, -0.1) is 0 Å². The minimum absolute atomic E-state index is 0.430. The van der Waals surface area contributed by atoms with Gasteiger partial charge in [-0.1, -0.05) is 13.8 Å². The highest BCUT2D eigenvalue weighted by Gasteiger charge is 2.30. The topological polar surface area (TPSA) is 21.1 Å². The summed E-state index contributed by atoms with van der Waals surface area (Å²) in [5.74, 6) is 0.517. The molecular formula is C11H17BrF3N3. The summed E-state index contributed by atoms with van der Waals surface area (Å²) in [6.45, 7) is 4.40.